The van der Waals surface area contributed by atoms with E-state index < -0.39 is 17.8 Å². The van der Waals surface area contributed by atoms with Gasteiger partial charge in [-0.3, -0.25) is 19.3 Å². The van der Waals surface area contributed by atoms with E-state index in [1.165, 1.54) is 23.1 Å². The minimum Gasteiger partial charge on any atom is -0.482 e. The average molecular weight is 472 g/mol. The molecule has 0 aromatic heterocycles. The summed E-state index contributed by atoms with van der Waals surface area (Å²) in [6.07, 6.45) is 0.550. The van der Waals surface area contributed by atoms with Gasteiger partial charge in [-0.05, 0) is 49.2 Å². The third-order valence-corrected chi connectivity index (χ3v) is 5.45. The SMILES string of the molecule is CCOC(=O)COc1cccc(NC(=O)c2ccc3c(c2)C(=O)N(CCc2ccccc2)C3=O)c1. The summed E-state index contributed by atoms with van der Waals surface area (Å²) >= 11 is 0. The van der Waals surface area contributed by atoms with E-state index in [0.29, 0.717) is 17.9 Å². The standard InChI is InChI=1S/C27H24N2O6/c1-2-34-24(30)17-35-21-10-6-9-20(16-21)28-25(31)19-11-12-22-23(15-19)27(33)29(26(22)32)14-13-18-7-4-3-5-8-18/h3-12,15-16H,2,13-14,17H2,1H3,(H,28,31). The molecule has 1 aliphatic heterocycles. The maximum absolute atomic E-state index is 12.9. The molecule has 0 saturated carbocycles. The molecule has 3 amide bonds. The first-order valence-corrected chi connectivity index (χ1v) is 11.2. The van der Waals surface area contributed by atoms with Crippen molar-refractivity contribution in [2.45, 2.75) is 13.3 Å². The predicted octanol–water partition coefficient (Wildman–Crippen LogP) is 3.72. The first kappa shape index (κ1) is 23.7. The third-order valence-electron chi connectivity index (χ3n) is 5.45. The number of fused-ring (bicyclic) bond motifs is 1. The van der Waals surface area contributed by atoms with Crippen LogP contribution >= 0.6 is 0 Å². The molecule has 1 heterocycles. The van der Waals surface area contributed by atoms with Crippen LogP contribution in [0.5, 0.6) is 5.75 Å². The topological polar surface area (TPSA) is 102 Å². The summed E-state index contributed by atoms with van der Waals surface area (Å²) in [7, 11) is 0. The maximum atomic E-state index is 12.9. The highest BCUT2D eigenvalue weighted by molar-refractivity contribution is 6.22. The van der Waals surface area contributed by atoms with Crippen LogP contribution in [-0.2, 0) is 16.0 Å². The van der Waals surface area contributed by atoms with Gasteiger partial charge in [-0.25, -0.2) is 4.79 Å². The molecule has 8 heteroatoms. The Morgan fingerprint density at radius 3 is 2.43 bits per heavy atom. The van der Waals surface area contributed by atoms with Crippen molar-refractivity contribution in [3.8, 4) is 5.75 Å². The van der Waals surface area contributed by atoms with Crippen molar-refractivity contribution in [3.05, 3.63) is 95.1 Å². The Morgan fingerprint density at radius 2 is 1.66 bits per heavy atom. The highest BCUT2D eigenvalue weighted by Gasteiger charge is 2.35. The largest absolute Gasteiger partial charge is 0.482 e. The van der Waals surface area contributed by atoms with Crippen LogP contribution in [0.25, 0.3) is 0 Å². The molecule has 0 fully saturated rings. The van der Waals surface area contributed by atoms with E-state index in [2.05, 4.69) is 5.32 Å². The number of hydrogen-bond donors (Lipinski definition) is 1. The van der Waals surface area contributed by atoms with Crippen molar-refractivity contribution in [1.82, 2.24) is 4.90 Å². The van der Waals surface area contributed by atoms with E-state index in [-0.39, 0.29) is 42.4 Å². The second kappa shape index (κ2) is 10.6. The molecule has 0 atom stereocenters. The number of imide groups is 1. The smallest absolute Gasteiger partial charge is 0.344 e. The molecule has 3 aromatic carbocycles. The molecule has 1 aliphatic rings. The van der Waals surface area contributed by atoms with E-state index in [1.54, 1.807) is 31.2 Å². The van der Waals surface area contributed by atoms with Gasteiger partial charge < -0.3 is 14.8 Å². The highest BCUT2D eigenvalue weighted by Crippen LogP contribution is 2.25. The second-order valence-electron chi connectivity index (χ2n) is 7.83. The number of benzene rings is 3. The van der Waals surface area contributed by atoms with Gasteiger partial charge in [-0.1, -0.05) is 36.4 Å². The molecule has 8 nitrogen and oxygen atoms in total. The molecule has 3 aromatic rings. The van der Waals surface area contributed by atoms with E-state index in [1.807, 2.05) is 30.3 Å². The Morgan fingerprint density at radius 1 is 0.886 bits per heavy atom. The summed E-state index contributed by atoms with van der Waals surface area (Å²) < 4.78 is 10.2. The number of carbonyl (C=O) groups is 4. The summed E-state index contributed by atoms with van der Waals surface area (Å²) in [5.74, 6) is -1.32. The minimum atomic E-state index is -0.489. The van der Waals surface area contributed by atoms with Crippen LogP contribution in [0, 0.1) is 0 Å². The van der Waals surface area contributed by atoms with Gasteiger partial charge in [0.15, 0.2) is 6.61 Å². The second-order valence-corrected chi connectivity index (χ2v) is 7.83. The molecular formula is C27H24N2O6. The number of carbonyl (C=O) groups excluding carboxylic acids is 4. The molecule has 178 valence electrons. The van der Waals surface area contributed by atoms with E-state index >= 15 is 0 Å². The predicted molar refractivity (Wildman–Crippen MR) is 128 cm³/mol. The average Bonchev–Trinajstić information content (AvgIpc) is 3.11. The molecule has 4 rings (SSSR count). The Balaban J connectivity index is 1.42. The first-order chi connectivity index (χ1) is 17.0. The number of hydrogen-bond acceptors (Lipinski definition) is 6. The molecular weight excluding hydrogens is 448 g/mol. The van der Waals surface area contributed by atoms with Crippen LogP contribution in [-0.4, -0.2) is 48.3 Å². The fraction of sp³-hybridized carbons (Fsp3) is 0.185. The van der Waals surface area contributed by atoms with Gasteiger partial charge in [0.25, 0.3) is 17.7 Å². The molecule has 0 aliphatic carbocycles. The fourth-order valence-corrected chi connectivity index (χ4v) is 3.73. The molecule has 0 unspecified atom stereocenters. The van der Waals surface area contributed by atoms with Crippen LogP contribution in [0.2, 0.25) is 0 Å². The highest BCUT2D eigenvalue weighted by atomic mass is 16.6. The molecule has 35 heavy (non-hydrogen) atoms. The summed E-state index contributed by atoms with van der Waals surface area (Å²) in [6.45, 7) is 1.99. The van der Waals surface area contributed by atoms with Crippen LogP contribution in [0.3, 0.4) is 0 Å². The van der Waals surface area contributed by atoms with Gasteiger partial charge in [0.2, 0.25) is 0 Å². The zero-order valence-corrected chi connectivity index (χ0v) is 19.2. The number of amides is 3. The molecule has 1 N–H and O–H groups in total. The van der Waals surface area contributed by atoms with Crippen LogP contribution in [0.4, 0.5) is 5.69 Å². The van der Waals surface area contributed by atoms with Gasteiger partial charge in [0.1, 0.15) is 5.75 Å². The number of esters is 1. The minimum absolute atomic E-state index is 0.210. The number of nitrogens with zero attached hydrogens (tertiary/aromatic N) is 1. The normalized spacial score (nSPS) is 12.3. The van der Waals surface area contributed by atoms with Crippen molar-refractivity contribution < 1.29 is 28.7 Å². The summed E-state index contributed by atoms with van der Waals surface area (Å²) in [5.41, 5.74) is 2.21. The zero-order chi connectivity index (χ0) is 24.8. The summed E-state index contributed by atoms with van der Waals surface area (Å²) in [6, 6.07) is 20.6. The lowest BCUT2D eigenvalue weighted by molar-refractivity contribution is -0.145. The third kappa shape index (κ3) is 5.55. The van der Waals surface area contributed by atoms with Crippen molar-refractivity contribution in [3.63, 3.8) is 0 Å². The Labute approximate surface area is 202 Å². The van der Waals surface area contributed by atoms with E-state index in [0.717, 1.165) is 5.56 Å². The van der Waals surface area contributed by atoms with Crippen molar-refractivity contribution >= 4 is 29.4 Å². The van der Waals surface area contributed by atoms with Crippen LogP contribution in [0.1, 0.15) is 43.6 Å². The monoisotopic (exact) mass is 472 g/mol. The van der Waals surface area contributed by atoms with Gasteiger partial charge in [0, 0.05) is 23.9 Å². The molecule has 0 radical (unpaired) electrons. The van der Waals surface area contributed by atoms with Gasteiger partial charge in [0.05, 0.1) is 17.7 Å². The van der Waals surface area contributed by atoms with Crippen molar-refractivity contribution in [1.29, 1.82) is 0 Å². The van der Waals surface area contributed by atoms with Crippen molar-refractivity contribution in [2.24, 2.45) is 0 Å². The van der Waals surface area contributed by atoms with Crippen molar-refractivity contribution in [2.75, 3.05) is 25.1 Å². The number of nitrogens with one attached hydrogen (secondary N) is 1. The number of ether oxygens (including phenoxy) is 2. The lowest BCUT2D eigenvalue weighted by Crippen LogP contribution is -2.31. The van der Waals surface area contributed by atoms with E-state index in [4.69, 9.17) is 9.47 Å². The Hall–Kier alpha value is -4.46. The first-order valence-electron chi connectivity index (χ1n) is 11.2. The summed E-state index contributed by atoms with van der Waals surface area (Å²) in [4.78, 5) is 51.1. The maximum Gasteiger partial charge on any atom is 0.344 e. The van der Waals surface area contributed by atoms with Gasteiger partial charge in [-0.2, -0.15) is 0 Å². The van der Waals surface area contributed by atoms with Crippen LogP contribution in [0.15, 0.2) is 72.8 Å². The Bertz CT molecular complexity index is 1270. The summed E-state index contributed by atoms with van der Waals surface area (Å²) in [5, 5.41) is 2.74. The van der Waals surface area contributed by atoms with Gasteiger partial charge >= 0.3 is 5.97 Å². The quantitative estimate of drug-likeness (QED) is 0.376. The fourth-order valence-electron chi connectivity index (χ4n) is 3.73. The lowest BCUT2D eigenvalue weighted by Gasteiger charge is -2.13. The van der Waals surface area contributed by atoms with E-state index in [9.17, 15) is 19.2 Å². The number of anilines is 1. The zero-order valence-electron chi connectivity index (χ0n) is 19.2. The number of rotatable bonds is 9. The van der Waals surface area contributed by atoms with Crippen LogP contribution < -0.4 is 10.1 Å². The molecule has 0 spiro atoms. The molecule has 0 bridgehead atoms. The van der Waals surface area contributed by atoms with Gasteiger partial charge in [-0.15, -0.1) is 0 Å². The Kier molecular flexibility index (Phi) is 7.21. The molecule has 0 saturated heterocycles. The lowest BCUT2D eigenvalue weighted by atomic mass is 10.1.